The minimum absolute atomic E-state index is 0.0487. The van der Waals surface area contributed by atoms with Crippen molar-refractivity contribution in [3.05, 3.63) is 95.4 Å². The Labute approximate surface area is 194 Å². The number of carbonyl (C=O) groups excluding carboxylic acids is 1. The summed E-state index contributed by atoms with van der Waals surface area (Å²) in [4.78, 5) is 22.0. The van der Waals surface area contributed by atoms with Crippen LogP contribution in [0.2, 0.25) is 0 Å². The molecule has 6 heteroatoms. The van der Waals surface area contributed by atoms with Gasteiger partial charge in [0.25, 0.3) is 5.91 Å². The molecule has 0 radical (unpaired) electrons. The lowest BCUT2D eigenvalue weighted by Gasteiger charge is -2.36. The number of rotatable bonds is 5. The number of piperazine rings is 1. The average Bonchev–Trinajstić information content (AvgIpc) is 3.24. The van der Waals surface area contributed by atoms with Gasteiger partial charge in [0.2, 0.25) is 0 Å². The van der Waals surface area contributed by atoms with Crippen molar-refractivity contribution in [1.82, 2.24) is 14.3 Å². The number of anilines is 1. The summed E-state index contributed by atoms with van der Waals surface area (Å²) in [6, 6.07) is 20.0. The van der Waals surface area contributed by atoms with Gasteiger partial charge < -0.3 is 18.9 Å². The molecule has 2 aromatic heterocycles. The molecule has 1 amide bonds. The van der Waals surface area contributed by atoms with E-state index in [2.05, 4.69) is 48.0 Å². The van der Waals surface area contributed by atoms with Gasteiger partial charge in [-0.2, -0.15) is 0 Å². The van der Waals surface area contributed by atoms with E-state index in [0.29, 0.717) is 31.0 Å². The van der Waals surface area contributed by atoms with Crippen molar-refractivity contribution in [2.75, 3.05) is 31.1 Å². The summed E-state index contributed by atoms with van der Waals surface area (Å²) in [7, 11) is 0. The molecule has 0 unspecified atom stereocenters. The largest absolute Gasteiger partial charge is 0.487 e. The molecule has 5 rings (SSSR count). The van der Waals surface area contributed by atoms with E-state index < -0.39 is 0 Å². The quantitative estimate of drug-likeness (QED) is 0.459. The molecule has 0 N–H and O–H groups in total. The van der Waals surface area contributed by atoms with E-state index in [9.17, 15) is 4.79 Å². The lowest BCUT2D eigenvalue weighted by molar-refractivity contribution is 0.0746. The van der Waals surface area contributed by atoms with Crippen LogP contribution in [0.5, 0.6) is 5.75 Å². The van der Waals surface area contributed by atoms with Crippen LogP contribution < -0.4 is 9.64 Å². The fraction of sp³-hybridized carbons (Fsp3) is 0.259. The van der Waals surface area contributed by atoms with E-state index in [0.717, 1.165) is 24.4 Å². The molecule has 1 aliphatic heterocycles. The number of imidazole rings is 1. The maximum atomic E-state index is 13.1. The first-order chi connectivity index (χ1) is 16.0. The molecule has 1 saturated heterocycles. The van der Waals surface area contributed by atoms with Crippen molar-refractivity contribution < 1.29 is 9.53 Å². The van der Waals surface area contributed by atoms with Crippen LogP contribution in [0.1, 0.15) is 27.2 Å². The highest BCUT2D eigenvalue weighted by Gasteiger charge is 2.22. The van der Waals surface area contributed by atoms with Crippen LogP contribution in [0.3, 0.4) is 0 Å². The summed E-state index contributed by atoms with van der Waals surface area (Å²) >= 11 is 0. The van der Waals surface area contributed by atoms with Crippen LogP contribution in [0.25, 0.3) is 5.65 Å². The topological polar surface area (TPSA) is 50.1 Å². The number of pyridine rings is 1. The first-order valence-electron chi connectivity index (χ1n) is 11.3. The summed E-state index contributed by atoms with van der Waals surface area (Å²) in [5.41, 5.74) is 6.05. The summed E-state index contributed by atoms with van der Waals surface area (Å²) in [5, 5.41) is 0. The predicted octanol–water partition coefficient (Wildman–Crippen LogP) is 4.49. The maximum absolute atomic E-state index is 13.1. The number of hydrogen-bond acceptors (Lipinski definition) is 4. The second kappa shape index (κ2) is 8.98. The number of aromatic nitrogens is 2. The zero-order valence-corrected chi connectivity index (χ0v) is 19.1. The van der Waals surface area contributed by atoms with E-state index in [1.807, 2.05) is 58.1 Å². The second-order valence-electron chi connectivity index (χ2n) is 8.64. The summed E-state index contributed by atoms with van der Waals surface area (Å²) < 4.78 is 7.97. The maximum Gasteiger partial charge on any atom is 0.254 e. The van der Waals surface area contributed by atoms with Gasteiger partial charge in [0.15, 0.2) is 0 Å². The number of hydrogen-bond donors (Lipinski definition) is 0. The van der Waals surface area contributed by atoms with Gasteiger partial charge in [-0.15, -0.1) is 0 Å². The molecule has 0 spiro atoms. The first kappa shape index (κ1) is 21.1. The zero-order chi connectivity index (χ0) is 22.8. The lowest BCUT2D eigenvalue weighted by Crippen LogP contribution is -2.48. The number of ether oxygens (including phenoxy) is 1. The second-order valence-corrected chi connectivity index (χ2v) is 8.64. The summed E-state index contributed by atoms with van der Waals surface area (Å²) in [6.07, 6.45) is 4.02. The van der Waals surface area contributed by atoms with E-state index in [1.54, 1.807) is 0 Å². The van der Waals surface area contributed by atoms with Crippen LogP contribution in [0.15, 0.2) is 73.1 Å². The third kappa shape index (κ3) is 4.70. The van der Waals surface area contributed by atoms with E-state index in [-0.39, 0.29) is 5.91 Å². The van der Waals surface area contributed by atoms with Crippen molar-refractivity contribution in [3.8, 4) is 5.75 Å². The normalized spacial score (nSPS) is 14.0. The van der Waals surface area contributed by atoms with Gasteiger partial charge in [-0.05, 0) is 61.4 Å². The molecule has 168 valence electrons. The van der Waals surface area contributed by atoms with Gasteiger partial charge in [0, 0.05) is 49.8 Å². The highest BCUT2D eigenvalue weighted by molar-refractivity contribution is 5.94. The number of aryl methyl sites for hydroxylation is 2. The van der Waals surface area contributed by atoms with Gasteiger partial charge in [-0.3, -0.25) is 4.79 Å². The van der Waals surface area contributed by atoms with E-state index in [4.69, 9.17) is 4.74 Å². The van der Waals surface area contributed by atoms with Crippen molar-refractivity contribution in [3.63, 3.8) is 0 Å². The smallest absolute Gasteiger partial charge is 0.254 e. The Balaban J connectivity index is 1.21. The van der Waals surface area contributed by atoms with E-state index in [1.165, 1.54) is 16.8 Å². The predicted molar refractivity (Wildman–Crippen MR) is 130 cm³/mol. The van der Waals surface area contributed by atoms with Gasteiger partial charge in [-0.25, -0.2) is 4.98 Å². The number of carbonyl (C=O) groups is 1. The van der Waals surface area contributed by atoms with Crippen LogP contribution in [0, 0.1) is 13.8 Å². The standard InChI is InChI=1S/C27H28N4O2/c1-20-5-3-7-24(15-20)29-11-13-30(14-12-29)27(32)22-6-4-8-25(16-22)33-19-23-18-31-17-21(2)9-10-26(31)28-23/h3-10,15-18H,11-14,19H2,1-2H3. The Bertz CT molecular complexity index is 1290. The minimum atomic E-state index is 0.0487. The lowest BCUT2D eigenvalue weighted by atomic mass is 10.1. The molecule has 33 heavy (non-hydrogen) atoms. The summed E-state index contributed by atoms with van der Waals surface area (Å²) in [5.74, 6) is 0.722. The monoisotopic (exact) mass is 440 g/mol. The molecule has 0 aliphatic carbocycles. The van der Waals surface area contributed by atoms with Crippen LogP contribution in [-0.2, 0) is 6.61 Å². The molecular weight excluding hydrogens is 412 g/mol. The van der Waals surface area contributed by atoms with Crippen molar-refractivity contribution >= 4 is 17.2 Å². The highest BCUT2D eigenvalue weighted by atomic mass is 16.5. The Hall–Kier alpha value is -3.80. The van der Waals surface area contributed by atoms with Crippen molar-refractivity contribution in [2.24, 2.45) is 0 Å². The number of nitrogens with zero attached hydrogens (tertiary/aromatic N) is 4. The Kier molecular flexibility index (Phi) is 5.73. The van der Waals surface area contributed by atoms with Crippen LogP contribution in [-0.4, -0.2) is 46.4 Å². The van der Waals surface area contributed by atoms with Crippen LogP contribution in [0.4, 0.5) is 5.69 Å². The molecule has 0 atom stereocenters. The third-order valence-corrected chi connectivity index (χ3v) is 6.05. The van der Waals surface area contributed by atoms with Crippen molar-refractivity contribution in [2.45, 2.75) is 20.5 Å². The Morgan fingerprint density at radius 3 is 2.55 bits per heavy atom. The number of benzene rings is 2. The molecule has 4 aromatic rings. The van der Waals surface area contributed by atoms with E-state index >= 15 is 0 Å². The molecule has 1 aliphatic rings. The fourth-order valence-corrected chi connectivity index (χ4v) is 4.28. The minimum Gasteiger partial charge on any atom is -0.487 e. The zero-order valence-electron chi connectivity index (χ0n) is 19.1. The Morgan fingerprint density at radius 2 is 1.73 bits per heavy atom. The highest BCUT2D eigenvalue weighted by Crippen LogP contribution is 2.21. The molecular formula is C27H28N4O2. The molecule has 1 fully saturated rings. The van der Waals surface area contributed by atoms with Gasteiger partial charge in [0.05, 0.1) is 5.69 Å². The average molecular weight is 441 g/mol. The summed E-state index contributed by atoms with van der Waals surface area (Å²) in [6.45, 7) is 7.59. The number of amides is 1. The molecule has 0 saturated carbocycles. The SMILES string of the molecule is Cc1cccc(N2CCN(C(=O)c3cccc(OCc4cn5cc(C)ccc5n4)c3)CC2)c1. The fourth-order valence-electron chi connectivity index (χ4n) is 4.28. The van der Waals surface area contributed by atoms with Gasteiger partial charge in [-0.1, -0.05) is 24.3 Å². The van der Waals surface area contributed by atoms with Gasteiger partial charge >= 0.3 is 0 Å². The Morgan fingerprint density at radius 1 is 0.909 bits per heavy atom. The first-order valence-corrected chi connectivity index (χ1v) is 11.3. The van der Waals surface area contributed by atoms with Crippen molar-refractivity contribution in [1.29, 1.82) is 0 Å². The number of fused-ring (bicyclic) bond motifs is 1. The molecule has 6 nitrogen and oxygen atoms in total. The molecule has 2 aromatic carbocycles. The third-order valence-electron chi connectivity index (χ3n) is 6.05. The van der Waals surface area contributed by atoms with Gasteiger partial charge in [0.1, 0.15) is 18.0 Å². The molecule has 3 heterocycles. The molecule has 0 bridgehead atoms. The van der Waals surface area contributed by atoms with Crippen LogP contribution >= 0.6 is 0 Å².